The van der Waals surface area contributed by atoms with Crippen LogP contribution in [0, 0.1) is 0 Å². The number of carbonyl (C=O) groups is 1. The number of aromatic nitrogens is 3. The second kappa shape index (κ2) is 6.95. The molecule has 27 heavy (non-hydrogen) atoms. The van der Waals surface area contributed by atoms with Crippen LogP contribution in [0.15, 0.2) is 72.2 Å². The lowest BCUT2D eigenvalue weighted by Crippen LogP contribution is -2.31. The first-order valence-corrected chi connectivity index (χ1v) is 8.57. The van der Waals surface area contributed by atoms with Gasteiger partial charge in [0.15, 0.2) is 0 Å². The van der Waals surface area contributed by atoms with E-state index in [0.717, 1.165) is 11.1 Å². The van der Waals surface area contributed by atoms with Gasteiger partial charge in [-0.1, -0.05) is 42.5 Å². The number of hydrogen-bond acceptors (Lipinski definition) is 5. The first-order valence-electron chi connectivity index (χ1n) is 8.57. The van der Waals surface area contributed by atoms with Crippen LogP contribution >= 0.6 is 0 Å². The highest BCUT2D eigenvalue weighted by Gasteiger charge is 2.32. The van der Waals surface area contributed by atoms with Gasteiger partial charge in [-0.05, 0) is 30.2 Å². The zero-order chi connectivity index (χ0) is 18.8. The van der Waals surface area contributed by atoms with E-state index in [-0.39, 0.29) is 0 Å². The van der Waals surface area contributed by atoms with E-state index in [4.69, 9.17) is 10.5 Å². The molecule has 2 aromatic carbocycles. The fourth-order valence-corrected chi connectivity index (χ4v) is 3.23. The highest BCUT2D eigenvalue weighted by molar-refractivity contribution is 5.95. The molecular weight excluding hydrogens is 342 g/mol. The van der Waals surface area contributed by atoms with Crippen molar-refractivity contribution < 1.29 is 9.53 Å². The second-order valence-electron chi connectivity index (χ2n) is 6.31. The van der Waals surface area contributed by atoms with Crippen molar-refractivity contribution in [1.82, 2.24) is 14.8 Å². The monoisotopic (exact) mass is 361 g/mol. The molecule has 4 rings (SSSR count). The fourth-order valence-electron chi connectivity index (χ4n) is 3.23. The van der Waals surface area contributed by atoms with Crippen molar-refractivity contribution in [3.63, 3.8) is 0 Å². The van der Waals surface area contributed by atoms with Gasteiger partial charge in [0, 0.05) is 5.70 Å². The standard InChI is InChI=1S/C20H19N5O2/c1-13-17(19(21)26)18(25-20(24-13)22-12-23-25)15-8-5-9-16(10-15)27-11-14-6-3-2-4-7-14/h2-10,12,18H,11H2,1H3,(H2,21,26)(H,22,23,24)/t18-/m1/s1. The summed E-state index contributed by atoms with van der Waals surface area (Å²) in [5.74, 6) is 0.776. The van der Waals surface area contributed by atoms with Crippen molar-refractivity contribution in [3.05, 3.63) is 83.3 Å². The Morgan fingerprint density at radius 2 is 2.04 bits per heavy atom. The van der Waals surface area contributed by atoms with Crippen LogP contribution in [0.5, 0.6) is 5.75 Å². The lowest BCUT2D eigenvalue weighted by Gasteiger charge is -2.27. The number of hydrogen-bond donors (Lipinski definition) is 2. The highest BCUT2D eigenvalue weighted by Crippen LogP contribution is 2.35. The zero-order valence-electron chi connectivity index (χ0n) is 14.8. The predicted molar refractivity (Wildman–Crippen MR) is 101 cm³/mol. The van der Waals surface area contributed by atoms with Crippen molar-refractivity contribution in [2.75, 3.05) is 5.32 Å². The summed E-state index contributed by atoms with van der Waals surface area (Å²) in [4.78, 5) is 16.3. The van der Waals surface area contributed by atoms with E-state index in [0.29, 0.717) is 29.6 Å². The Morgan fingerprint density at radius 3 is 2.81 bits per heavy atom. The number of allylic oxidation sites excluding steroid dienone is 1. The summed E-state index contributed by atoms with van der Waals surface area (Å²) in [6.07, 6.45) is 1.45. The molecule has 0 radical (unpaired) electrons. The van der Waals surface area contributed by atoms with E-state index >= 15 is 0 Å². The summed E-state index contributed by atoms with van der Waals surface area (Å²) in [7, 11) is 0. The van der Waals surface area contributed by atoms with Crippen LogP contribution in [-0.4, -0.2) is 20.7 Å². The van der Waals surface area contributed by atoms with E-state index in [9.17, 15) is 4.79 Å². The van der Waals surface area contributed by atoms with Crippen molar-refractivity contribution in [2.24, 2.45) is 5.73 Å². The minimum atomic E-state index is -0.498. The van der Waals surface area contributed by atoms with Crippen LogP contribution in [0.2, 0.25) is 0 Å². The number of primary amides is 1. The average molecular weight is 361 g/mol. The Labute approximate surface area is 156 Å². The van der Waals surface area contributed by atoms with Gasteiger partial charge in [-0.15, -0.1) is 0 Å². The van der Waals surface area contributed by atoms with Gasteiger partial charge in [0.1, 0.15) is 24.7 Å². The van der Waals surface area contributed by atoms with Crippen LogP contribution in [0.3, 0.4) is 0 Å². The summed E-state index contributed by atoms with van der Waals surface area (Å²) < 4.78 is 7.58. The Morgan fingerprint density at radius 1 is 1.22 bits per heavy atom. The maximum absolute atomic E-state index is 12.1. The normalized spacial score (nSPS) is 15.8. The smallest absolute Gasteiger partial charge is 0.248 e. The van der Waals surface area contributed by atoms with E-state index in [1.54, 1.807) is 11.6 Å². The minimum Gasteiger partial charge on any atom is -0.489 e. The second-order valence-corrected chi connectivity index (χ2v) is 6.31. The Kier molecular flexibility index (Phi) is 4.33. The van der Waals surface area contributed by atoms with Crippen molar-refractivity contribution in [2.45, 2.75) is 19.6 Å². The molecule has 1 aromatic heterocycles. The number of amides is 1. The number of nitrogens with two attached hydrogens (primary N) is 1. The summed E-state index contributed by atoms with van der Waals surface area (Å²) in [6, 6.07) is 17.1. The molecule has 1 atom stereocenters. The van der Waals surface area contributed by atoms with Crippen LogP contribution in [0.4, 0.5) is 5.95 Å². The molecule has 3 aromatic rings. The molecule has 0 saturated carbocycles. The quantitative estimate of drug-likeness (QED) is 0.728. The average Bonchev–Trinajstić information content (AvgIpc) is 3.14. The molecule has 0 unspecified atom stereocenters. The topological polar surface area (TPSA) is 95.1 Å². The molecule has 3 N–H and O–H groups in total. The van der Waals surface area contributed by atoms with Crippen LogP contribution in [-0.2, 0) is 11.4 Å². The van der Waals surface area contributed by atoms with Crippen LogP contribution in [0.25, 0.3) is 0 Å². The van der Waals surface area contributed by atoms with E-state index in [1.807, 2.05) is 54.6 Å². The van der Waals surface area contributed by atoms with Gasteiger partial charge in [-0.25, -0.2) is 4.68 Å². The SMILES string of the molecule is CC1=C(C(N)=O)[C@@H](c2cccc(OCc3ccccc3)c2)n2ncnc2N1. The molecule has 1 aliphatic heterocycles. The maximum atomic E-state index is 12.1. The number of ether oxygens (including phenoxy) is 1. The summed E-state index contributed by atoms with van der Waals surface area (Å²) in [5, 5.41) is 7.33. The molecule has 0 bridgehead atoms. The molecule has 7 nitrogen and oxygen atoms in total. The summed E-state index contributed by atoms with van der Waals surface area (Å²) in [6.45, 7) is 2.27. The number of nitrogens with one attached hydrogen (secondary N) is 1. The van der Waals surface area contributed by atoms with E-state index in [1.165, 1.54) is 6.33 Å². The molecular formula is C20H19N5O2. The minimum absolute atomic E-state index is 0.452. The highest BCUT2D eigenvalue weighted by atomic mass is 16.5. The number of fused-ring (bicyclic) bond motifs is 1. The number of benzene rings is 2. The summed E-state index contributed by atoms with van der Waals surface area (Å²) >= 11 is 0. The van der Waals surface area contributed by atoms with Crippen LogP contribution in [0.1, 0.15) is 24.1 Å². The third kappa shape index (κ3) is 3.27. The van der Waals surface area contributed by atoms with E-state index < -0.39 is 11.9 Å². The van der Waals surface area contributed by atoms with Gasteiger partial charge in [0.05, 0.1) is 5.57 Å². The largest absolute Gasteiger partial charge is 0.489 e. The first kappa shape index (κ1) is 16.8. The number of rotatable bonds is 5. The molecule has 0 fully saturated rings. The van der Waals surface area contributed by atoms with E-state index in [2.05, 4.69) is 15.4 Å². The van der Waals surface area contributed by atoms with Gasteiger partial charge in [0.2, 0.25) is 11.9 Å². The Balaban J connectivity index is 1.67. The van der Waals surface area contributed by atoms with Crippen molar-refractivity contribution in [1.29, 1.82) is 0 Å². The molecule has 0 spiro atoms. The lowest BCUT2D eigenvalue weighted by atomic mass is 9.95. The molecule has 1 aliphatic rings. The fraction of sp³-hybridized carbons (Fsp3) is 0.150. The summed E-state index contributed by atoms with van der Waals surface area (Å²) in [5.41, 5.74) is 8.71. The molecule has 1 amide bonds. The van der Waals surface area contributed by atoms with Crippen molar-refractivity contribution in [3.8, 4) is 5.75 Å². The predicted octanol–water partition coefficient (Wildman–Crippen LogP) is 2.63. The number of nitrogens with zero attached hydrogens (tertiary/aromatic N) is 3. The Hall–Kier alpha value is -3.61. The van der Waals surface area contributed by atoms with Crippen LogP contribution < -0.4 is 15.8 Å². The molecule has 0 aliphatic carbocycles. The van der Waals surface area contributed by atoms with Gasteiger partial charge < -0.3 is 15.8 Å². The molecule has 7 heteroatoms. The lowest BCUT2D eigenvalue weighted by molar-refractivity contribution is -0.115. The number of anilines is 1. The van der Waals surface area contributed by atoms with Gasteiger partial charge in [-0.2, -0.15) is 10.1 Å². The number of carbonyl (C=O) groups excluding carboxylic acids is 1. The Bertz CT molecular complexity index is 1010. The molecule has 2 heterocycles. The molecule has 0 saturated heterocycles. The molecule has 136 valence electrons. The maximum Gasteiger partial charge on any atom is 0.248 e. The van der Waals surface area contributed by atoms with Crippen molar-refractivity contribution >= 4 is 11.9 Å². The zero-order valence-corrected chi connectivity index (χ0v) is 14.8. The first-order chi connectivity index (χ1) is 13.1. The van der Waals surface area contributed by atoms with Gasteiger partial charge >= 0.3 is 0 Å². The third-order valence-electron chi connectivity index (χ3n) is 4.48. The third-order valence-corrected chi connectivity index (χ3v) is 4.48. The van der Waals surface area contributed by atoms with Gasteiger partial charge in [0.25, 0.3) is 0 Å². The van der Waals surface area contributed by atoms with Gasteiger partial charge in [-0.3, -0.25) is 4.79 Å².